The average Bonchev–Trinajstić information content (AvgIpc) is 3.05. The van der Waals surface area contributed by atoms with Crippen LogP contribution in [0.15, 0.2) is 54.6 Å². The quantitative estimate of drug-likeness (QED) is 0.474. The minimum Gasteiger partial charge on any atom is -0.465 e. The van der Waals surface area contributed by atoms with Gasteiger partial charge in [0, 0.05) is 19.6 Å². The van der Waals surface area contributed by atoms with E-state index in [4.69, 9.17) is 14.2 Å². The standard InChI is InChI=1S/C26H32N2O6/c1-26(2,3)34-25(31)28-16-8-15-27(24(30)33-18-19-9-6-5-7-10-19)17-22(28)20-11-13-21(14-12-20)23(29)32-4/h5-7,9-14,22H,8,15-18H2,1-4H3. The van der Waals surface area contributed by atoms with Gasteiger partial charge in [-0.25, -0.2) is 14.4 Å². The van der Waals surface area contributed by atoms with Gasteiger partial charge in [0.2, 0.25) is 0 Å². The molecule has 1 atom stereocenters. The molecule has 182 valence electrons. The Morgan fingerprint density at radius 1 is 0.941 bits per heavy atom. The van der Waals surface area contributed by atoms with E-state index in [1.165, 1.54) is 7.11 Å². The maximum Gasteiger partial charge on any atom is 0.410 e. The van der Waals surface area contributed by atoms with Gasteiger partial charge in [-0.2, -0.15) is 0 Å². The lowest BCUT2D eigenvalue weighted by molar-refractivity contribution is 0.0154. The first-order chi connectivity index (χ1) is 16.2. The molecule has 1 heterocycles. The first-order valence-corrected chi connectivity index (χ1v) is 11.3. The van der Waals surface area contributed by atoms with Gasteiger partial charge in [-0.05, 0) is 50.5 Å². The Kier molecular flexibility index (Phi) is 8.15. The fraction of sp³-hybridized carbons (Fsp3) is 0.423. The lowest BCUT2D eigenvalue weighted by Gasteiger charge is -2.33. The summed E-state index contributed by atoms with van der Waals surface area (Å²) in [5.41, 5.74) is 1.43. The van der Waals surface area contributed by atoms with Crippen molar-refractivity contribution in [2.24, 2.45) is 0 Å². The molecule has 1 unspecified atom stereocenters. The van der Waals surface area contributed by atoms with Crippen molar-refractivity contribution in [3.8, 4) is 0 Å². The predicted molar refractivity (Wildman–Crippen MR) is 126 cm³/mol. The molecule has 0 bridgehead atoms. The summed E-state index contributed by atoms with van der Waals surface area (Å²) < 4.78 is 16.0. The Morgan fingerprint density at radius 3 is 2.24 bits per heavy atom. The van der Waals surface area contributed by atoms with Crippen LogP contribution in [0.5, 0.6) is 0 Å². The van der Waals surface area contributed by atoms with Crippen LogP contribution in [0, 0.1) is 0 Å². The van der Waals surface area contributed by atoms with E-state index in [0.717, 1.165) is 11.1 Å². The molecule has 8 heteroatoms. The number of carbonyl (C=O) groups is 3. The Balaban J connectivity index is 1.82. The lowest BCUT2D eigenvalue weighted by Crippen LogP contribution is -2.42. The summed E-state index contributed by atoms with van der Waals surface area (Å²) in [6, 6.07) is 15.9. The monoisotopic (exact) mass is 468 g/mol. The highest BCUT2D eigenvalue weighted by Gasteiger charge is 2.34. The van der Waals surface area contributed by atoms with Crippen molar-refractivity contribution in [1.82, 2.24) is 9.80 Å². The number of nitrogens with zero attached hydrogens (tertiary/aromatic N) is 2. The molecule has 0 radical (unpaired) electrons. The summed E-state index contributed by atoms with van der Waals surface area (Å²) in [4.78, 5) is 41.0. The lowest BCUT2D eigenvalue weighted by atomic mass is 10.0. The van der Waals surface area contributed by atoms with Gasteiger partial charge in [-0.1, -0.05) is 42.5 Å². The summed E-state index contributed by atoms with van der Waals surface area (Å²) in [6.07, 6.45) is -0.309. The topological polar surface area (TPSA) is 85.4 Å². The van der Waals surface area contributed by atoms with Crippen LogP contribution in [0.3, 0.4) is 0 Å². The second-order valence-corrected chi connectivity index (χ2v) is 9.14. The number of methoxy groups -OCH3 is 1. The maximum absolute atomic E-state index is 13.1. The summed E-state index contributed by atoms with van der Waals surface area (Å²) in [7, 11) is 1.32. The predicted octanol–water partition coefficient (Wildman–Crippen LogP) is 4.79. The third kappa shape index (κ3) is 6.73. The SMILES string of the molecule is COC(=O)c1ccc(C2CN(C(=O)OCc3ccccc3)CCCN2C(=O)OC(C)(C)C)cc1. The molecule has 8 nitrogen and oxygen atoms in total. The molecule has 0 aliphatic carbocycles. The number of carbonyl (C=O) groups excluding carboxylic acids is 3. The van der Waals surface area contributed by atoms with E-state index in [0.29, 0.717) is 25.1 Å². The van der Waals surface area contributed by atoms with Gasteiger partial charge in [0.25, 0.3) is 0 Å². The molecular weight excluding hydrogens is 436 g/mol. The van der Waals surface area contributed by atoms with Gasteiger partial charge < -0.3 is 19.1 Å². The van der Waals surface area contributed by atoms with E-state index in [-0.39, 0.29) is 13.2 Å². The fourth-order valence-electron chi connectivity index (χ4n) is 3.75. The van der Waals surface area contributed by atoms with Crippen molar-refractivity contribution < 1.29 is 28.6 Å². The highest BCUT2D eigenvalue weighted by atomic mass is 16.6. The molecule has 2 aromatic carbocycles. The molecule has 0 N–H and O–H groups in total. The maximum atomic E-state index is 13.1. The van der Waals surface area contributed by atoms with Gasteiger partial charge >= 0.3 is 18.2 Å². The molecule has 2 aromatic rings. The van der Waals surface area contributed by atoms with Crippen molar-refractivity contribution in [2.75, 3.05) is 26.7 Å². The third-order valence-electron chi connectivity index (χ3n) is 5.40. The number of benzene rings is 2. The van der Waals surface area contributed by atoms with Crippen molar-refractivity contribution >= 4 is 18.2 Å². The van der Waals surface area contributed by atoms with E-state index in [1.807, 2.05) is 51.1 Å². The second kappa shape index (κ2) is 11.0. The number of esters is 1. The highest BCUT2D eigenvalue weighted by Crippen LogP contribution is 2.28. The van der Waals surface area contributed by atoms with E-state index in [1.54, 1.807) is 34.1 Å². The smallest absolute Gasteiger partial charge is 0.410 e. The van der Waals surface area contributed by atoms with Gasteiger partial charge in [-0.15, -0.1) is 0 Å². The molecule has 1 aliphatic rings. The van der Waals surface area contributed by atoms with Crippen molar-refractivity contribution in [1.29, 1.82) is 0 Å². The van der Waals surface area contributed by atoms with E-state index in [9.17, 15) is 14.4 Å². The number of rotatable bonds is 4. The Morgan fingerprint density at radius 2 is 1.62 bits per heavy atom. The van der Waals surface area contributed by atoms with Gasteiger partial charge in [0.1, 0.15) is 12.2 Å². The van der Waals surface area contributed by atoms with E-state index < -0.39 is 29.8 Å². The molecule has 0 aromatic heterocycles. The van der Waals surface area contributed by atoms with Gasteiger partial charge in [0.15, 0.2) is 0 Å². The van der Waals surface area contributed by atoms with E-state index in [2.05, 4.69) is 0 Å². The number of ether oxygens (including phenoxy) is 3. The zero-order valence-electron chi connectivity index (χ0n) is 20.2. The number of hydrogen-bond donors (Lipinski definition) is 0. The fourth-order valence-corrected chi connectivity index (χ4v) is 3.75. The molecule has 34 heavy (non-hydrogen) atoms. The van der Waals surface area contributed by atoms with Gasteiger partial charge in [0.05, 0.1) is 18.7 Å². The van der Waals surface area contributed by atoms with Crippen LogP contribution >= 0.6 is 0 Å². The summed E-state index contributed by atoms with van der Waals surface area (Å²) in [6.45, 7) is 6.72. The molecule has 3 rings (SSSR count). The number of hydrogen-bond acceptors (Lipinski definition) is 6. The zero-order valence-corrected chi connectivity index (χ0v) is 20.2. The third-order valence-corrected chi connectivity index (χ3v) is 5.40. The van der Waals surface area contributed by atoms with Crippen molar-refractivity contribution in [3.05, 3.63) is 71.3 Å². The molecule has 2 amide bonds. The Bertz CT molecular complexity index is 985. The van der Waals surface area contributed by atoms with Crippen LogP contribution in [-0.2, 0) is 20.8 Å². The first kappa shape index (κ1) is 25.1. The number of amides is 2. The molecular formula is C26H32N2O6. The summed E-state index contributed by atoms with van der Waals surface area (Å²) in [5.74, 6) is -0.442. The second-order valence-electron chi connectivity index (χ2n) is 9.14. The minimum absolute atomic E-state index is 0.171. The summed E-state index contributed by atoms with van der Waals surface area (Å²) >= 11 is 0. The molecule has 0 saturated carbocycles. The van der Waals surface area contributed by atoms with Crippen LogP contribution in [-0.4, -0.2) is 60.3 Å². The summed E-state index contributed by atoms with van der Waals surface area (Å²) in [5, 5.41) is 0. The molecule has 0 spiro atoms. The zero-order chi connectivity index (χ0) is 24.7. The van der Waals surface area contributed by atoms with Crippen LogP contribution in [0.1, 0.15) is 54.7 Å². The first-order valence-electron chi connectivity index (χ1n) is 11.3. The van der Waals surface area contributed by atoms with Crippen LogP contribution < -0.4 is 0 Å². The van der Waals surface area contributed by atoms with Crippen LogP contribution in [0.4, 0.5) is 9.59 Å². The van der Waals surface area contributed by atoms with E-state index >= 15 is 0 Å². The molecule has 1 saturated heterocycles. The Hall–Kier alpha value is -3.55. The van der Waals surface area contributed by atoms with Crippen LogP contribution in [0.2, 0.25) is 0 Å². The average molecular weight is 469 g/mol. The molecule has 1 aliphatic heterocycles. The minimum atomic E-state index is -0.656. The highest BCUT2D eigenvalue weighted by molar-refractivity contribution is 5.89. The largest absolute Gasteiger partial charge is 0.465 e. The van der Waals surface area contributed by atoms with Crippen molar-refractivity contribution in [2.45, 2.75) is 45.4 Å². The van der Waals surface area contributed by atoms with Gasteiger partial charge in [-0.3, -0.25) is 4.90 Å². The molecule has 1 fully saturated rings. The van der Waals surface area contributed by atoms with Crippen LogP contribution in [0.25, 0.3) is 0 Å². The Labute approximate surface area is 200 Å². The van der Waals surface area contributed by atoms with Crippen molar-refractivity contribution in [3.63, 3.8) is 0 Å². The normalized spacial score (nSPS) is 16.4.